The van der Waals surface area contributed by atoms with Crippen molar-refractivity contribution in [3.63, 3.8) is 0 Å². The number of aliphatic hydroxyl groups is 3. The molecule has 0 radical (unpaired) electrons. The summed E-state index contributed by atoms with van der Waals surface area (Å²) >= 11 is 0. The lowest BCUT2D eigenvalue weighted by atomic mass is 9.97. The average Bonchev–Trinajstić information content (AvgIpc) is 2.91. The van der Waals surface area contributed by atoms with Crippen LogP contribution in [-0.4, -0.2) is 78.7 Å². The molecule has 2 aromatic rings. The molecule has 2 heterocycles. The molecule has 4 N–H and O–H groups in total. The van der Waals surface area contributed by atoms with Crippen LogP contribution in [-0.2, 0) is 14.3 Å². The quantitative estimate of drug-likeness (QED) is 0.351. The highest BCUT2D eigenvalue weighted by Crippen LogP contribution is 2.28. The number of nitrogens with one attached hydrogen (secondary N) is 1. The first-order valence-electron chi connectivity index (χ1n) is 12.2. The first kappa shape index (κ1) is 26.1. The molecule has 0 aromatic heterocycles. The highest BCUT2D eigenvalue weighted by Gasteiger charge is 2.44. The van der Waals surface area contributed by atoms with E-state index < -0.39 is 36.6 Å². The summed E-state index contributed by atoms with van der Waals surface area (Å²) in [5, 5.41) is 44.5. The zero-order chi connectivity index (χ0) is 25.8. The summed E-state index contributed by atoms with van der Waals surface area (Å²) in [4.78, 5) is 15.2. The number of rotatable bonds is 6. The smallest absolute Gasteiger partial charge is 0.262 e. The van der Waals surface area contributed by atoms with Crippen LogP contribution in [0.1, 0.15) is 31.7 Å². The van der Waals surface area contributed by atoms with E-state index in [2.05, 4.69) is 28.4 Å². The molecule has 0 saturated carbocycles. The van der Waals surface area contributed by atoms with E-state index in [1.807, 2.05) is 24.3 Å². The first-order chi connectivity index (χ1) is 17.3. The Balaban J connectivity index is 1.49. The fourth-order valence-electron chi connectivity index (χ4n) is 4.83. The van der Waals surface area contributed by atoms with E-state index in [-0.39, 0.29) is 12.1 Å². The SMILES string of the molecule is CO[C@H]1OC(CNC(=O)/C(C#N)=C(/C)c2ccc3cc(N4CCCCC4)ccc3c2)[C@@H](O)[C@H](O)[C@H]1O. The number of nitriles is 1. The van der Waals surface area contributed by atoms with Crippen LogP contribution in [0.2, 0.25) is 0 Å². The number of ether oxygens (including phenoxy) is 2. The maximum absolute atomic E-state index is 12.8. The Morgan fingerprint density at radius 2 is 1.78 bits per heavy atom. The molecule has 2 aliphatic heterocycles. The number of carbonyl (C=O) groups is 1. The number of carbonyl (C=O) groups excluding carboxylic acids is 1. The van der Waals surface area contributed by atoms with Crippen molar-refractivity contribution in [3.8, 4) is 6.07 Å². The zero-order valence-corrected chi connectivity index (χ0v) is 20.6. The molecular formula is C27H33N3O6. The standard InChI is InChI=1S/C27H33N3O6/c1-16(17-6-7-19-13-20(9-8-18(19)12-17)30-10-4-3-5-11-30)21(14-28)26(34)29-15-22-23(31)24(32)25(33)27(35-2)36-22/h6-9,12-13,22-25,27,31-33H,3-5,10-11,15H2,1-2H3,(H,29,34)/b21-16-/t22?,23-,24+,25-,27+/m1/s1. The van der Waals surface area contributed by atoms with Crippen LogP contribution >= 0.6 is 0 Å². The molecule has 4 rings (SSSR count). The molecule has 1 amide bonds. The number of piperidine rings is 1. The summed E-state index contributed by atoms with van der Waals surface area (Å²) in [5.41, 5.74) is 2.42. The number of benzene rings is 2. The molecule has 192 valence electrons. The number of fused-ring (bicyclic) bond motifs is 1. The molecule has 9 nitrogen and oxygen atoms in total. The van der Waals surface area contributed by atoms with Gasteiger partial charge in [0.1, 0.15) is 36.1 Å². The van der Waals surface area contributed by atoms with Crippen LogP contribution in [0.15, 0.2) is 42.0 Å². The van der Waals surface area contributed by atoms with Gasteiger partial charge in [0, 0.05) is 32.4 Å². The predicted octanol–water partition coefficient (Wildman–Crippen LogP) is 1.70. The Labute approximate surface area is 210 Å². The van der Waals surface area contributed by atoms with E-state index in [1.165, 1.54) is 32.1 Å². The molecule has 36 heavy (non-hydrogen) atoms. The number of anilines is 1. The highest BCUT2D eigenvalue weighted by molar-refractivity contribution is 6.05. The third kappa shape index (κ3) is 5.38. The minimum absolute atomic E-state index is 0.0616. The number of hydrogen-bond acceptors (Lipinski definition) is 8. The van der Waals surface area contributed by atoms with Gasteiger partial charge in [0.2, 0.25) is 0 Å². The summed E-state index contributed by atoms with van der Waals surface area (Å²) in [7, 11) is 1.30. The minimum Gasteiger partial charge on any atom is -0.388 e. The summed E-state index contributed by atoms with van der Waals surface area (Å²) in [5.74, 6) is -0.624. The third-order valence-corrected chi connectivity index (χ3v) is 7.06. The van der Waals surface area contributed by atoms with Gasteiger partial charge in [0.25, 0.3) is 5.91 Å². The van der Waals surface area contributed by atoms with Crippen molar-refractivity contribution in [2.45, 2.75) is 56.9 Å². The normalized spacial score (nSPS) is 27.3. The molecule has 2 fully saturated rings. The first-order valence-corrected chi connectivity index (χ1v) is 12.2. The van der Waals surface area contributed by atoms with Crippen LogP contribution in [0.3, 0.4) is 0 Å². The summed E-state index contributed by atoms with van der Waals surface area (Å²) in [6, 6.07) is 14.2. The lowest BCUT2D eigenvalue weighted by Gasteiger charge is -2.39. The molecule has 1 unspecified atom stereocenters. The molecule has 5 atom stereocenters. The average molecular weight is 496 g/mol. The summed E-state index contributed by atoms with van der Waals surface area (Å²) in [6.07, 6.45) is -2.82. The predicted molar refractivity (Wildman–Crippen MR) is 135 cm³/mol. The van der Waals surface area contributed by atoms with E-state index in [0.29, 0.717) is 5.57 Å². The topological polar surface area (TPSA) is 135 Å². The number of hydrogen-bond donors (Lipinski definition) is 4. The zero-order valence-electron chi connectivity index (χ0n) is 20.6. The van der Waals surface area contributed by atoms with Crippen molar-refractivity contribution >= 4 is 27.9 Å². The molecule has 0 spiro atoms. The van der Waals surface area contributed by atoms with Crippen LogP contribution in [0, 0.1) is 11.3 Å². The highest BCUT2D eigenvalue weighted by atomic mass is 16.7. The number of methoxy groups -OCH3 is 1. The second-order valence-corrected chi connectivity index (χ2v) is 9.37. The van der Waals surface area contributed by atoms with Gasteiger partial charge in [-0.3, -0.25) is 4.79 Å². The number of aliphatic hydroxyl groups excluding tert-OH is 3. The Morgan fingerprint density at radius 3 is 2.47 bits per heavy atom. The van der Waals surface area contributed by atoms with Crippen molar-refractivity contribution in [2.24, 2.45) is 0 Å². The summed E-state index contributed by atoms with van der Waals surface area (Å²) in [6.45, 7) is 3.68. The maximum Gasteiger partial charge on any atom is 0.262 e. The van der Waals surface area contributed by atoms with Crippen molar-refractivity contribution < 1.29 is 29.6 Å². The largest absolute Gasteiger partial charge is 0.388 e. The second-order valence-electron chi connectivity index (χ2n) is 9.37. The molecule has 2 aliphatic rings. The van der Waals surface area contributed by atoms with E-state index in [1.54, 1.807) is 6.92 Å². The monoisotopic (exact) mass is 495 g/mol. The van der Waals surface area contributed by atoms with E-state index in [9.17, 15) is 25.4 Å². The Morgan fingerprint density at radius 1 is 1.08 bits per heavy atom. The molecule has 0 aliphatic carbocycles. The van der Waals surface area contributed by atoms with Gasteiger partial charge in [-0.2, -0.15) is 5.26 Å². The fraction of sp³-hybridized carbons (Fsp3) is 0.481. The Hall–Kier alpha value is -3.00. The van der Waals surface area contributed by atoms with Gasteiger partial charge in [-0.15, -0.1) is 0 Å². The van der Waals surface area contributed by atoms with Crippen molar-refractivity contribution in [1.29, 1.82) is 5.26 Å². The maximum atomic E-state index is 12.8. The van der Waals surface area contributed by atoms with E-state index in [0.717, 1.165) is 29.4 Å². The molecule has 2 saturated heterocycles. The molecule has 2 aromatic carbocycles. The lowest BCUT2D eigenvalue weighted by molar-refractivity contribution is -0.288. The van der Waals surface area contributed by atoms with Gasteiger partial charge in [-0.05, 0) is 66.3 Å². The third-order valence-electron chi connectivity index (χ3n) is 7.06. The fourth-order valence-corrected chi connectivity index (χ4v) is 4.83. The molecular weight excluding hydrogens is 462 g/mol. The van der Waals surface area contributed by atoms with Gasteiger partial charge in [-0.25, -0.2) is 0 Å². The van der Waals surface area contributed by atoms with Gasteiger partial charge in [-0.1, -0.05) is 18.2 Å². The van der Waals surface area contributed by atoms with Crippen LogP contribution < -0.4 is 10.2 Å². The Bertz CT molecular complexity index is 1170. The van der Waals surface area contributed by atoms with Crippen LogP contribution in [0.5, 0.6) is 0 Å². The lowest BCUT2D eigenvalue weighted by Crippen LogP contribution is -2.60. The van der Waals surface area contributed by atoms with Gasteiger partial charge in [0.05, 0.1) is 0 Å². The van der Waals surface area contributed by atoms with E-state index >= 15 is 0 Å². The van der Waals surface area contributed by atoms with Gasteiger partial charge >= 0.3 is 0 Å². The van der Waals surface area contributed by atoms with E-state index in [4.69, 9.17) is 9.47 Å². The van der Waals surface area contributed by atoms with Gasteiger partial charge in [0.15, 0.2) is 6.29 Å². The molecule has 0 bridgehead atoms. The minimum atomic E-state index is -1.49. The molecule has 9 heteroatoms. The van der Waals surface area contributed by atoms with Gasteiger partial charge < -0.3 is 35.0 Å². The van der Waals surface area contributed by atoms with Crippen molar-refractivity contribution in [3.05, 3.63) is 47.5 Å². The van der Waals surface area contributed by atoms with Crippen LogP contribution in [0.4, 0.5) is 5.69 Å². The number of amides is 1. The Kier molecular flexibility index (Phi) is 8.24. The second kappa shape index (κ2) is 11.4. The number of nitrogens with zero attached hydrogens (tertiary/aromatic N) is 2. The van der Waals surface area contributed by atoms with Crippen molar-refractivity contribution in [2.75, 3.05) is 31.6 Å². The van der Waals surface area contributed by atoms with Crippen LogP contribution in [0.25, 0.3) is 16.3 Å². The number of allylic oxidation sites excluding steroid dienone is 1. The van der Waals surface area contributed by atoms with Crippen molar-refractivity contribution in [1.82, 2.24) is 5.32 Å². The summed E-state index contributed by atoms with van der Waals surface area (Å²) < 4.78 is 10.4.